The Balaban J connectivity index is 1.96. The number of hydrogen-bond acceptors (Lipinski definition) is 2. The molecule has 2 rings (SSSR count). The third kappa shape index (κ3) is 3.06. The van der Waals surface area contributed by atoms with Gasteiger partial charge in [-0.2, -0.15) is 0 Å². The Morgan fingerprint density at radius 1 is 1.29 bits per heavy atom. The van der Waals surface area contributed by atoms with Gasteiger partial charge in [0.15, 0.2) is 0 Å². The molecule has 0 fully saturated rings. The van der Waals surface area contributed by atoms with Crippen molar-refractivity contribution in [1.82, 2.24) is 0 Å². The quantitative estimate of drug-likeness (QED) is 0.740. The molecular formula is C15H16O2. The summed E-state index contributed by atoms with van der Waals surface area (Å²) >= 11 is 0. The highest BCUT2D eigenvalue weighted by atomic mass is 16.5. The largest absolute Gasteiger partial charge is 0.489 e. The molecule has 2 nitrogen and oxygen atoms in total. The van der Waals surface area contributed by atoms with Gasteiger partial charge < -0.3 is 9.53 Å². The lowest BCUT2D eigenvalue weighted by Crippen LogP contribution is -2.13. The van der Waals surface area contributed by atoms with E-state index >= 15 is 0 Å². The molecule has 0 amide bonds. The highest BCUT2D eigenvalue weighted by Crippen LogP contribution is 2.22. The van der Waals surface area contributed by atoms with E-state index in [2.05, 4.69) is 0 Å². The van der Waals surface area contributed by atoms with Gasteiger partial charge in [0.1, 0.15) is 18.7 Å². The highest BCUT2D eigenvalue weighted by Gasteiger charge is 2.16. The first-order valence-electron chi connectivity index (χ1n) is 5.81. The molecule has 0 N–H and O–H groups in total. The van der Waals surface area contributed by atoms with Gasteiger partial charge >= 0.3 is 0 Å². The molecule has 1 aromatic rings. The zero-order chi connectivity index (χ0) is 12.1. The molecule has 1 aliphatic rings. The van der Waals surface area contributed by atoms with Crippen LogP contribution in [0.5, 0.6) is 0 Å². The maximum atomic E-state index is 10.9. The number of allylic oxidation sites excluding steroid dienone is 3. The maximum Gasteiger partial charge on any atom is 0.127 e. The van der Waals surface area contributed by atoms with Crippen LogP contribution in [0, 0.1) is 11.8 Å². The molecule has 88 valence electrons. The first-order chi connectivity index (χ1) is 8.29. The van der Waals surface area contributed by atoms with Crippen LogP contribution < -0.4 is 0 Å². The smallest absolute Gasteiger partial charge is 0.127 e. The third-order valence-corrected chi connectivity index (χ3v) is 2.93. The highest BCUT2D eigenvalue weighted by molar-refractivity contribution is 5.59. The van der Waals surface area contributed by atoms with Gasteiger partial charge in [-0.05, 0) is 23.6 Å². The number of hydrogen-bond donors (Lipinski definition) is 0. The monoisotopic (exact) mass is 228 g/mol. The van der Waals surface area contributed by atoms with E-state index in [9.17, 15) is 4.79 Å². The fraction of sp³-hybridized carbons (Fsp3) is 0.267. The van der Waals surface area contributed by atoms with Gasteiger partial charge in [0, 0.05) is 5.92 Å². The van der Waals surface area contributed by atoms with Crippen molar-refractivity contribution in [3.8, 4) is 0 Å². The molecule has 0 saturated carbocycles. The van der Waals surface area contributed by atoms with E-state index in [1.165, 1.54) is 0 Å². The van der Waals surface area contributed by atoms with Crippen LogP contribution in [0.2, 0.25) is 0 Å². The Labute approximate surface area is 102 Å². The van der Waals surface area contributed by atoms with Crippen LogP contribution in [-0.2, 0) is 16.1 Å². The second-order valence-corrected chi connectivity index (χ2v) is 4.27. The van der Waals surface area contributed by atoms with Gasteiger partial charge in [-0.3, -0.25) is 0 Å². The zero-order valence-corrected chi connectivity index (χ0v) is 9.87. The van der Waals surface area contributed by atoms with E-state index in [0.717, 1.165) is 17.6 Å². The fourth-order valence-electron chi connectivity index (χ4n) is 1.77. The van der Waals surface area contributed by atoms with E-state index < -0.39 is 0 Å². The van der Waals surface area contributed by atoms with Crippen LogP contribution in [0.15, 0.2) is 54.3 Å². The summed E-state index contributed by atoms with van der Waals surface area (Å²) in [5.41, 5.74) is 1.13. The van der Waals surface area contributed by atoms with Crippen LogP contribution in [0.25, 0.3) is 0 Å². The van der Waals surface area contributed by atoms with E-state index in [4.69, 9.17) is 4.74 Å². The molecule has 0 spiro atoms. The molecule has 1 aromatic carbocycles. The minimum absolute atomic E-state index is 0.0641. The van der Waals surface area contributed by atoms with E-state index in [1.54, 1.807) is 0 Å². The summed E-state index contributed by atoms with van der Waals surface area (Å²) < 4.78 is 5.66. The normalized spacial score (nSPS) is 23.0. The summed E-state index contributed by atoms with van der Waals surface area (Å²) in [5.74, 6) is 0.978. The number of carbonyl (C=O) groups excluding carboxylic acids is 1. The van der Waals surface area contributed by atoms with Crippen molar-refractivity contribution in [3.63, 3.8) is 0 Å². The summed E-state index contributed by atoms with van der Waals surface area (Å²) in [4.78, 5) is 10.9. The Morgan fingerprint density at radius 2 is 2.06 bits per heavy atom. The van der Waals surface area contributed by atoms with Gasteiger partial charge in [0.25, 0.3) is 0 Å². The lowest BCUT2D eigenvalue weighted by atomic mass is 9.91. The van der Waals surface area contributed by atoms with Crippen LogP contribution in [-0.4, -0.2) is 6.29 Å². The van der Waals surface area contributed by atoms with Crippen molar-refractivity contribution in [1.29, 1.82) is 0 Å². The van der Waals surface area contributed by atoms with E-state index in [0.29, 0.717) is 6.61 Å². The predicted molar refractivity (Wildman–Crippen MR) is 67.2 cm³/mol. The molecule has 2 atom stereocenters. The summed E-state index contributed by atoms with van der Waals surface area (Å²) in [6, 6.07) is 9.99. The Hall–Kier alpha value is -1.83. The lowest BCUT2D eigenvalue weighted by molar-refractivity contribution is -0.110. The maximum absolute atomic E-state index is 10.9. The van der Waals surface area contributed by atoms with Gasteiger partial charge in [-0.1, -0.05) is 43.3 Å². The molecular weight excluding hydrogens is 212 g/mol. The molecule has 17 heavy (non-hydrogen) atoms. The third-order valence-electron chi connectivity index (χ3n) is 2.93. The SMILES string of the molecule is CC1C=CC(OCc2ccccc2)=CC1C=O. The second kappa shape index (κ2) is 5.48. The second-order valence-electron chi connectivity index (χ2n) is 4.27. The van der Waals surface area contributed by atoms with Crippen LogP contribution in [0.3, 0.4) is 0 Å². The van der Waals surface area contributed by atoms with E-state index in [-0.39, 0.29) is 11.8 Å². The number of rotatable bonds is 4. The van der Waals surface area contributed by atoms with Crippen molar-refractivity contribution < 1.29 is 9.53 Å². The number of benzene rings is 1. The molecule has 0 bridgehead atoms. The molecule has 0 heterocycles. The number of carbonyl (C=O) groups is 1. The molecule has 0 aliphatic heterocycles. The lowest BCUT2D eigenvalue weighted by Gasteiger charge is -2.18. The minimum Gasteiger partial charge on any atom is -0.489 e. The fourth-order valence-corrected chi connectivity index (χ4v) is 1.77. The molecule has 0 radical (unpaired) electrons. The number of ether oxygens (including phenoxy) is 1. The van der Waals surface area contributed by atoms with Gasteiger partial charge in [-0.15, -0.1) is 0 Å². The predicted octanol–water partition coefficient (Wildman–Crippen LogP) is 3.11. The zero-order valence-electron chi connectivity index (χ0n) is 9.87. The van der Waals surface area contributed by atoms with Crippen LogP contribution >= 0.6 is 0 Å². The first-order valence-corrected chi connectivity index (χ1v) is 5.81. The van der Waals surface area contributed by atoms with Crippen molar-refractivity contribution >= 4 is 6.29 Å². The molecule has 0 aromatic heterocycles. The number of aldehydes is 1. The van der Waals surface area contributed by atoms with Crippen LogP contribution in [0.1, 0.15) is 12.5 Å². The Morgan fingerprint density at radius 3 is 2.76 bits per heavy atom. The average Bonchev–Trinajstić information content (AvgIpc) is 2.39. The van der Waals surface area contributed by atoms with Crippen molar-refractivity contribution in [2.75, 3.05) is 0 Å². The summed E-state index contributed by atoms with van der Waals surface area (Å²) in [5, 5.41) is 0. The summed E-state index contributed by atoms with van der Waals surface area (Å²) in [7, 11) is 0. The van der Waals surface area contributed by atoms with Crippen molar-refractivity contribution in [2.24, 2.45) is 11.8 Å². The van der Waals surface area contributed by atoms with Gasteiger partial charge in [0.05, 0.1) is 0 Å². The van der Waals surface area contributed by atoms with Crippen molar-refractivity contribution in [3.05, 3.63) is 59.9 Å². The Bertz CT molecular complexity index is 431. The first kappa shape index (κ1) is 11.6. The average molecular weight is 228 g/mol. The van der Waals surface area contributed by atoms with E-state index in [1.807, 2.05) is 55.5 Å². The van der Waals surface area contributed by atoms with Crippen LogP contribution in [0.4, 0.5) is 0 Å². The Kier molecular flexibility index (Phi) is 3.76. The van der Waals surface area contributed by atoms with Crippen molar-refractivity contribution in [2.45, 2.75) is 13.5 Å². The summed E-state index contributed by atoms with van der Waals surface area (Å²) in [6.07, 6.45) is 6.81. The molecule has 2 unspecified atom stereocenters. The topological polar surface area (TPSA) is 26.3 Å². The molecule has 0 saturated heterocycles. The van der Waals surface area contributed by atoms with Gasteiger partial charge in [-0.25, -0.2) is 0 Å². The molecule has 1 aliphatic carbocycles. The standard InChI is InChI=1S/C15H16O2/c1-12-7-8-15(9-14(12)10-16)17-11-13-5-3-2-4-6-13/h2-10,12,14H,11H2,1H3. The minimum atomic E-state index is -0.0641. The van der Waals surface area contributed by atoms with Gasteiger partial charge in [0.2, 0.25) is 0 Å². The summed E-state index contributed by atoms with van der Waals surface area (Å²) in [6.45, 7) is 2.57. The molecule has 2 heteroatoms.